The van der Waals surface area contributed by atoms with E-state index in [4.69, 9.17) is 23.8 Å². The number of aromatic nitrogens is 4. The Morgan fingerprint density at radius 2 is 0.881 bits per heavy atom. The van der Waals surface area contributed by atoms with Gasteiger partial charge in [-0.3, -0.25) is 0 Å². The highest BCUT2D eigenvalue weighted by Gasteiger charge is 2.21. The van der Waals surface area contributed by atoms with Gasteiger partial charge in [-0.25, -0.2) is 15.0 Å². The average molecular weight is 755 g/mol. The molecule has 0 N–H and O–H groups in total. The lowest BCUT2D eigenvalue weighted by molar-refractivity contribution is 0.668. The van der Waals surface area contributed by atoms with Crippen LogP contribution in [-0.4, -0.2) is 19.5 Å². The molecular weight excluding hydrogens is 725 g/mol. The molecule has 0 saturated carbocycles. The molecule has 0 unspecified atom stereocenters. The number of furan rings is 2. The van der Waals surface area contributed by atoms with Crippen LogP contribution < -0.4 is 0 Å². The van der Waals surface area contributed by atoms with Gasteiger partial charge in [0.15, 0.2) is 17.5 Å². The van der Waals surface area contributed by atoms with Gasteiger partial charge in [0.05, 0.1) is 16.7 Å². The fraction of sp³-hybridized carbons (Fsp3) is 0. The van der Waals surface area contributed by atoms with Crippen LogP contribution in [0.3, 0.4) is 0 Å². The molecule has 0 atom stereocenters. The van der Waals surface area contributed by atoms with E-state index in [0.29, 0.717) is 17.5 Å². The van der Waals surface area contributed by atoms with Crippen molar-refractivity contribution in [2.45, 2.75) is 0 Å². The molecule has 0 fully saturated rings. The molecule has 0 spiro atoms. The van der Waals surface area contributed by atoms with Gasteiger partial charge in [-0.1, -0.05) is 115 Å². The van der Waals surface area contributed by atoms with Gasteiger partial charge < -0.3 is 13.4 Å². The zero-order chi connectivity index (χ0) is 38.6. The Morgan fingerprint density at radius 3 is 1.66 bits per heavy atom. The van der Waals surface area contributed by atoms with Crippen molar-refractivity contribution in [1.29, 1.82) is 0 Å². The highest BCUT2D eigenvalue weighted by Crippen LogP contribution is 2.43. The summed E-state index contributed by atoms with van der Waals surface area (Å²) < 4.78 is 15.3. The van der Waals surface area contributed by atoms with Crippen LogP contribution in [-0.2, 0) is 0 Å². The van der Waals surface area contributed by atoms with E-state index in [1.165, 1.54) is 21.5 Å². The summed E-state index contributed by atoms with van der Waals surface area (Å²) in [6, 6.07) is 63.3. The molecule has 59 heavy (non-hydrogen) atoms. The summed E-state index contributed by atoms with van der Waals surface area (Å²) in [4.78, 5) is 15.3. The van der Waals surface area contributed by atoms with Crippen molar-refractivity contribution in [1.82, 2.24) is 19.5 Å². The molecule has 0 aliphatic rings. The van der Waals surface area contributed by atoms with Crippen molar-refractivity contribution in [3.63, 3.8) is 0 Å². The largest absolute Gasteiger partial charge is 0.456 e. The Morgan fingerprint density at radius 1 is 0.322 bits per heavy atom. The van der Waals surface area contributed by atoms with E-state index >= 15 is 0 Å². The number of benzene rings is 9. The van der Waals surface area contributed by atoms with E-state index in [1.54, 1.807) is 0 Å². The monoisotopic (exact) mass is 754 g/mol. The summed E-state index contributed by atoms with van der Waals surface area (Å²) in [5, 5.41) is 11.3. The highest BCUT2D eigenvalue weighted by atomic mass is 16.3. The molecule has 0 aliphatic carbocycles. The lowest BCUT2D eigenvalue weighted by Gasteiger charge is -2.13. The van der Waals surface area contributed by atoms with E-state index in [0.717, 1.165) is 88.1 Å². The zero-order valence-electron chi connectivity index (χ0n) is 31.4. The fourth-order valence-electron chi connectivity index (χ4n) is 9.08. The fourth-order valence-corrected chi connectivity index (χ4v) is 9.08. The highest BCUT2D eigenvalue weighted by molar-refractivity contribution is 6.22. The summed E-state index contributed by atoms with van der Waals surface area (Å²) in [5.74, 6) is 1.78. The predicted molar refractivity (Wildman–Crippen MR) is 240 cm³/mol. The molecule has 6 heteroatoms. The summed E-state index contributed by atoms with van der Waals surface area (Å²) >= 11 is 0. The molecule has 4 heterocycles. The molecule has 0 radical (unpaired) electrons. The van der Waals surface area contributed by atoms with Crippen molar-refractivity contribution in [3.05, 3.63) is 182 Å². The average Bonchev–Trinajstić information content (AvgIpc) is 3.97. The first-order valence-corrected chi connectivity index (χ1v) is 19.8. The number of rotatable bonds is 4. The van der Waals surface area contributed by atoms with E-state index < -0.39 is 0 Å². The summed E-state index contributed by atoms with van der Waals surface area (Å²) in [6.45, 7) is 0. The summed E-state index contributed by atoms with van der Waals surface area (Å²) in [5.41, 5.74) is 9.36. The van der Waals surface area contributed by atoms with Gasteiger partial charge in [-0.2, -0.15) is 0 Å². The number of hydrogen-bond acceptors (Lipinski definition) is 5. The molecule has 6 nitrogen and oxygen atoms in total. The van der Waals surface area contributed by atoms with Crippen molar-refractivity contribution in [3.8, 4) is 39.9 Å². The van der Waals surface area contributed by atoms with Crippen LogP contribution in [0.15, 0.2) is 191 Å². The van der Waals surface area contributed by atoms with Crippen LogP contribution in [0.2, 0.25) is 0 Å². The summed E-state index contributed by atoms with van der Waals surface area (Å²) in [6.07, 6.45) is 0. The van der Waals surface area contributed by atoms with Crippen LogP contribution in [0.4, 0.5) is 0 Å². The maximum absolute atomic E-state index is 6.76. The van der Waals surface area contributed by atoms with E-state index in [1.807, 2.05) is 72.8 Å². The van der Waals surface area contributed by atoms with Gasteiger partial charge >= 0.3 is 0 Å². The quantitative estimate of drug-likeness (QED) is 0.179. The topological polar surface area (TPSA) is 69.9 Å². The minimum absolute atomic E-state index is 0.584. The smallest absolute Gasteiger partial charge is 0.164 e. The molecule has 274 valence electrons. The van der Waals surface area contributed by atoms with Crippen LogP contribution in [0.25, 0.3) is 127 Å². The minimum Gasteiger partial charge on any atom is -0.456 e. The lowest BCUT2D eigenvalue weighted by atomic mass is 10.0. The van der Waals surface area contributed by atoms with Crippen LogP contribution in [0.5, 0.6) is 0 Å². The van der Waals surface area contributed by atoms with Crippen molar-refractivity contribution in [2.75, 3.05) is 0 Å². The van der Waals surface area contributed by atoms with Crippen molar-refractivity contribution >= 4 is 87.2 Å². The second kappa shape index (κ2) is 12.2. The van der Waals surface area contributed by atoms with Gasteiger partial charge in [-0.15, -0.1) is 0 Å². The second-order valence-electron chi connectivity index (χ2n) is 15.2. The Kier molecular flexibility index (Phi) is 6.63. The SMILES string of the molecule is c1ccc(-c2nc(-c3ccc4oc5ccccc5c4c3)nc(-c3ccc4oc5cc(-n6c7ccccc7c7cc8ccccc8cc76)c6ccccc6c5c4c3)n2)cc1. The molecule has 0 saturated heterocycles. The second-order valence-corrected chi connectivity index (χ2v) is 15.2. The molecule has 4 aromatic heterocycles. The maximum atomic E-state index is 6.76. The van der Waals surface area contributed by atoms with Gasteiger partial charge in [0.2, 0.25) is 0 Å². The molecule has 13 rings (SSSR count). The van der Waals surface area contributed by atoms with Gasteiger partial charge in [0, 0.05) is 60.5 Å². The third-order valence-corrected chi connectivity index (χ3v) is 11.8. The molecule has 9 aromatic carbocycles. The first-order chi connectivity index (χ1) is 29.2. The maximum Gasteiger partial charge on any atom is 0.164 e. The number of nitrogens with zero attached hydrogens (tertiary/aromatic N) is 4. The summed E-state index contributed by atoms with van der Waals surface area (Å²) in [7, 11) is 0. The first-order valence-electron chi connectivity index (χ1n) is 19.8. The van der Waals surface area contributed by atoms with E-state index in [2.05, 4.69) is 114 Å². The standard InChI is InChI=1S/C53H30N4O2/c1-2-12-31(13-3-1)51-54-52(34-22-24-47-41(27-34)38-18-9-11-21-46(38)58-47)56-53(55-51)35-23-25-48-42(28-35)50-39-19-7-6-16-36(39)45(30-49(50)59-48)57-43-20-10-8-17-37(43)40-26-32-14-4-5-15-33(32)29-44(40)57/h1-30H. The lowest BCUT2D eigenvalue weighted by Crippen LogP contribution is -2.00. The number of fused-ring (bicyclic) bond motifs is 12. The minimum atomic E-state index is 0.584. The van der Waals surface area contributed by atoms with Gasteiger partial charge in [-0.05, 0) is 76.8 Å². The Bertz CT molecular complexity index is 3860. The third-order valence-electron chi connectivity index (χ3n) is 11.8. The van der Waals surface area contributed by atoms with E-state index in [9.17, 15) is 0 Å². The first kappa shape index (κ1) is 32.0. The Labute approximate surface area is 336 Å². The molecular formula is C53H30N4O2. The van der Waals surface area contributed by atoms with Crippen LogP contribution in [0.1, 0.15) is 0 Å². The molecule has 0 aliphatic heterocycles. The van der Waals surface area contributed by atoms with Crippen molar-refractivity contribution in [2.24, 2.45) is 0 Å². The normalized spacial score (nSPS) is 12.1. The van der Waals surface area contributed by atoms with E-state index in [-0.39, 0.29) is 0 Å². The van der Waals surface area contributed by atoms with Gasteiger partial charge in [0.25, 0.3) is 0 Å². The van der Waals surface area contributed by atoms with Crippen LogP contribution >= 0.6 is 0 Å². The van der Waals surface area contributed by atoms with Crippen LogP contribution in [0, 0.1) is 0 Å². The third kappa shape index (κ3) is 4.84. The number of para-hydroxylation sites is 2. The Hall–Kier alpha value is -8.09. The van der Waals surface area contributed by atoms with Gasteiger partial charge in [0.1, 0.15) is 22.3 Å². The molecule has 0 bridgehead atoms. The molecule has 0 amide bonds. The Balaban J connectivity index is 1.03. The zero-order valence-corrected chi connectivity index (χ0v) is 31.4. The number of hydrogen-bond donors (Lipinski definition) is 0. The predicted octanol–water partition coefficient (Wildman–Crippen LogP) is 14.1. The van der Waals surface area contributed by atoms with Crippen molar-refractivity contribution < 1.29 is 8.83 Å². The molecule has 13 aromatic rings.